The third-order valence-electron chi connectivity index (χ3n) is 14.1. The summed E-state index contributed by atoms with van der Waals surface area (Å²) < 4.78 is 59.2. The van der Waals surface area contributed by atoms with Crippen molar-refractivity contribution in [3.63, 3.8) is 0 Å². The molecule has 4 aliphatic rings. The molecule has 20 atom stereocenters. The molecule has 0 aromatic carbocycles. The van der Waals surface area contributed by atoms with Gasteiger partial charge in [-0.15, -0.1) is 0 Å². The number of aliphatic hydroxyl groups is 14. The summed E-state index contributed by atoms with van der Waals surface area (Å²) in [4.78, 5) is 0. The zero-order valence-corrected chi connectivity index (χ0v) is 42.8. The van der Waals surface area contributed by atoms with Gasteiger partial charge in [0, 0.05) is 13.2 Å². The van der Waals surface area contributed by atoms with Crippen LogP contribution in [0.4, 0.5) is 0 Å². The monoisotopic (exact) mass is 1060 g/mol. The summed E-state index contributed by atoms with van der Waals surface area (Å²) in [6.45, 7) is 0.862. The van der Waals surface area contributed by atoms with Gasteiger partial charge in [0.25, 0.3) is 0 Å². The van der Waals surface area contributed by atoms with Crippen LogP contribution in [0.15, 0.2) is 0 Å². The Hall–Kier alpha value is -0.960. The van der Waals surface area contributed by atoms with Crippen LogP contribution in [0.3, 0.4) is 0 Å². The zero-order chi connectivity index (χ0) is 53.5. The standard InChI is InChI=1S/C49H92O24/c1-3-5-7-9-11-13-15-17-19-64-25-49(26-65-20-18-16-14-12-10-8-6-4-2,27-66-45-41(62)37(58)43(31(23-52)70-45)72-47-39(60)35(56)33(54)29(21-50)68-47)28-67-46-42(63)38(59)44(32(24-53)71-46)73-48-40(61)36(57)34(55)30(22-51)69-48/h29-48,50-63H,3-28H2,1-2H3/t29?,30?,31?,32?,33-,34-,35?,36?,37?,38?,39+,40+,41+,42+,43-,44-,45-,46-,47-,48-/m0/s1. The molecule has 0 saturated carbocycles. The van der Waals surface area contributed by atoms with Crippen LogP contribution in [0.5, 0.6) is 0 Å². The Labute approximate surface area is 428 Å². The quantitative estimate of drug-likeness (QED) is 0.0290. The van der Waals surface area contributed by atoms with Gasteiger partial charge in [-0.25, -0.2) is 0 Å². The van der Waals surface area contributed by atoms with E-state index in [1.165, 1.54) is 25.7 Å². The van der Waals surface area contributed by atoms with E-state index in [-0.39, 0.29) is 26.4 Å². The van der Waals surface area contributed by atoms with E-state index < -0.39 is 155 Å². The van der Waals surface area contributed by atoms with Gasteiger partial charge in [-0.05, 0) is 12.8 Å². The second-order valence-corrected chi connectivity index (χ2v) is 20.2. The first-order valence-corrected chi connectivity index (χ1v) is 26.7. The van der Waals surface area contributed by atoms with Crippen molar-refractivity contribution < 1.29 is 119 Å². The topological polar surface area (TPSA) is 376 Å². The first-order chi connectivity index (χ1) is 35.1. The van der Waals surface area contributed by atoms with Gasteiger partial charge < -0.3 is 119 Å². The molecule has 24 heteroatoms. The molecule has 4 rings (SSSR count). The molecule has 0 aromatic heterocycles. The summed E-state index contributed by atoms with van der Waals surface area (Å²) >= 11 is 0. The van der Waals surface area contributed by atoms with E-state index in [0.717, 1.165) is 77.0 Å². The molecular weight excluding hydrogens is 973 g/mol. The minimum atomic E-state index is -1.88. The SMILES string of the molecule is CCCCCCCCCCOCC(COCCCCCCCCCC)(CO[C@H]1OC(CO)[C@H](O[C@@H]2OC(CO)[C@H](O)C(O)[C@H]2O)C(O)[C@H]1O)CO[C@H]1OC(CO)[C@H](O[C@@H]2OC(CO)[C@H](O)C(O)[C@H]2O)C(O)[C@H]1O. The van der Waals surface area contributed by atoms with Crippen LogP contribution in [0.25, 0.3) is 0 Å². The number of ether oxygens (including phenoxy) is 10. The van der Waals surface area contributed by atoms with Crippen LogP contribution in [0.1, 0.15) is 117 Å². The molecule has 0 aromatic rings. The third kappa shape index (κ3) is 19.1. The summed E-state index contributed by atoms with van der Waals surface area (Å²) in [6.07, 6.45) is -17.0. The highest BCUT2D eigenvalue weighted by atomic mass is 16.8. The van der Waals surface area contributed by atoms with E-state index in [1.807, 2.05) is 0 Å². The third-order valence-corrected chi connectivity index (χ3v) is 14.1. The normalized spacial score (nSPS) is 37.5. The Morgan fingerprint density at radius 3 is 0.959 bits per heavy atom. The van der Waals surface area contributed by atoms with Crippen molar-refractivity contribution in [1.29, 1.82) is 0 Å². The molecule has 4 heterocycles. The fourth-order valence-electron chi connectivity index (χ4n) is 9.41. The van der Waals surface area contributed by atoms with E-state index in [4.69, 9.17) is 47.4 Å². The van der Waals surface area contributed by atoms with Crippen molar-refractivity contribution in [3.8, 4) is 0 Å². The molecule has 4 aliphatic heterocycles. The average molecular weight is 1070 g/mol. The molecule has 0 bridgehead atoms. The Kier molecular flexibility index (Phi) is 30.2. The Morgan fingerprint density at radius 1 is 0.329 bits per heavy atom. The minimum absolute atomic E-state index is 0.101. The van der Waals surface area contributed by atoms with Gasteiger partial charge >= 0.3 is 0 Å². The molecular formula is C49H92O24. The summed E-state index contributed by atoms with van der Waals surface area (Å²) in [6, 6.07) is 0. The van der Waals surface area contributed by atoms with E-state index >= 15 is 0 Å². The van der Waals surface area contributed by atoms with Crippen molar-refractivity contribution in [2.24, 2.45) is 5.41 Å². The number of unbranched alkanes of at least 4 members (excludes halogenated alkanes) is 14. The fourth-order valence-corrected chi connectivity index (χ4v) is 9.41. The molecule has 73 heavy (non-hydrogen) atoms. The number of aliphatic hydroxyl groups excluding tert-OH is 14. The van der Waals surface area contributed by atoms with E-state index in [2.05, 4.69) is 13.8 Å². The molecule has 0 spiro atoms. The van der Waals surface area contributed by atoms with Crippen LogP contribution < -0.4 is 0 Å². The first kappa shape index (κ1) is 64.6. The highest BCUT2D eigenvalue weighted by Gasteiger charge is 2.53. The van der Waals surface area contributed by atoms with Crippen LogP contribution in [-0.2, 0) is 47.4 Å². The molecule has 0 radical (unpaired) electrons. The van der Waals surface area contributed by atoms with Crippen molar-refractivity contribution >= 4 is 0 Å². The predicted molar refractivity (Wildman–Crippen MR) is 254 cm³/mol. The largest absolute Gasteiger partial charge is 0.394 e. The maximum Gasteiger partial charge on any atom is 0.187 e. The summed E-state index contributed by atoms with van der Waals surface area (Å²) in [7, 11) is 0. The molecule has 4 fully saturated rings. The van der Waals surface area contributed by atoms with Gasteiger partial charge in [0.15, 0.2) is 25.2 Å². The molecule has 432 valence electrons. The van der Waals surface area contributed by atoms with Crippen molar-refractivity contribution in [3.05, 3.63) is 0 Å². The molecule has 24 nitrogen and oxygen atoms in total. The van der Waals surface area contributed by atoms with Crippen LogP contribution in [-0.4, -0.2) is 260 Å². The second-order valence-electron chi connectivity index (χ2n) is 20.2. The number of rotatable bonds is 36. The van der Waals surface area contributed by atoms with Crippen LogP contribution >= 0.6 is 0 Å². The van der Waals surface area contributed by atoms with Crippen molar-refractivity contribution in [2.45, 2.75) is 239 Å². The Balaban J connectivity index is 1.53. The maximum absolute atomic E-state index is 11.4. The molecule has 8 unspecified atom stereocenters. The lowest BCUT2D eigenvalue weighted by molar-refractivity contribution is -0.366. The Morgan fingerprint density at radius 2 is 0.630 bits per heavy atom. The lowest BCUT2D eigenvalue weighted by atomic mass is 9.91. The predicted octanol–water partition coefficient (Wildman–Crippen LogP) is -2.43. The highest BCUT2D eigenvalue weighted by molar-refractivity contribution is 4.96. The van der Waals surface area contributed by atoms with Gasteiger partial charge in [-0.2, -0.15) is 0 Å². The lowest BCUT2D eigenvalue weighted by Crippen LogP contribution is -2.65. The molecule has 0 amide bonds. The fraction of sp³-hybridized carbons (Fsp3) is 1.00. The zero-order valence-electron chi connectivity index (χ0n) is 42.8. The van der Waals surface area contributed by atoms with E-state index in [9.17, 15) is 71.5 Å². The smallest absolute Gasteiger partial charge is 0.187 e. The van der Waals surface area contributed by atoms with Gasteiger partial charge in [0.05, 0.1) is 58.3 Å². The summed E-state index contributed by atoms with van der Waals surface area (Å²) in [5.41, 5.74) is -1.32. The van der Waals surface area contributed by atoms with Crippen molar-refractivity contribution in [1.82, 2.24) is 0 Å². The van der Waals surface area contributed by atoms with Crippen LogP contribution in [0.2, 0.25) is 0 Å². The minimum Gasteiger partial charge on any atom is -0.394 e. The number of hydrogen-bond acceptors (Lipinski definition) is 24. The second kappa shape index (κ2) is 34.1. The molecule has 14 N–H and O–H groups in total. The van der Waals surface area contributed by atoms with E-state index in [1.54, 1.807) is 0 Å². The van der Waals surface area contributed by atoms with Crippen LogP contribution in [0, 0.1) is 5.41 Å². The summed E-state index contributed by atoms with van der Waals surface area (Å²) in [5.74, 6) is 0. The Bertz CT molecular complexity index is 1320. The van der Waals surface area contributed by atoms with Gasteiger partial charge in [0.1, 0.15) is 97.7 Å². The molecule has 0 aliphatic carbocycles. The lowest BCUT2D eigenvalue weighted by Gasteiger charge is -2.47. The maximum atomic E-state index is 11.4. The first-order valence-electron chi connectivity index (χ1n) is 26.7. The van der Waals surface area contributed by atoms with E-state index in [0.29, 0.717) is 13.2 Å². The van der Waals surface area contributed by atoms with Gasteiger partial charge in [0.2, 0.25) is 0 Å². The van der Waals surface area contributed by atoms with Crippen molar-refractivity contribution in [2.75, 3.05) is 66.1 Å². The molecule has 4 saturated heterocycles. The average Bonchev–Trinajstić information content (AvgIpc) is 3.39. The van der Waals surface area contributed by atoms with Gasteiger partial charge in [-0.1, -0.05) is 104 Å². The van der Waals surface area contributed by atoms with Gasteiger partial charge in [-0.3, -0.25) is 0 Å². The summed E-state index contributed by atoms with van der Waals surface area (Å²) in [5, 5.41) is 148. The highest BCUT2D eigenvalue weighted by Crippen LogP contribution is 2.34. The number of hydrogen-bond donors (Lipinski definition) is 14.